The molecule has 0 saturated carbocycles. The molecule has 1 aliphatic heterocycles. The average Bonchev–Trinajstić information content (AvgIpc) is 2.30. The Balaban J connectivity index is 2.35. The molecule has 6 heteroatoms. The molecule has 1 aromatic rings. The third kappa shape index (κ3) is 2.29. The van der Waals surface area contributed by atoms with E-state index in [1.54, 1.807) is 24.3 Å². The molecule has 0 radical (unpaired) electrons. The molecule has 1 fully saturated rings. The lowest BCUT2D eigenvalue weighted by Gasteiger charge is -2.26. The quantitative estimate of drug-likeness (QED) is 0.831. The van der Waals surface area contributed by atoms with E-state index in [0.717, 1.165) is 0 Å². The van der Waals surface area contributed by atoms with E-state index in [0.29, 0.717) is 35.7 Å². The van der Waals surface area contributed by atoms with E-state index in [1.165, 1.54) is 4.31 Å². The van der Waals surface area contributed by atoms with Crippen molar-refractivity contribution >= 4 is 26.0 Å². The van der Waals surface area contributed by atoms with E-state index < -0.39 is 10.0 Å². The van der Waals surface area contributed by atoms with Crippen LogP contribution in [0, 0.1) is 0 Å². The summed E-state index contributed by atoms with van der Waals surface area (Å²) >= 11 is 3.26. The van der Waals surface area contributed by atoms with Crippen molar-refractivity contribution in [2.75, 3.05) is 26.3 Å². The Hall–Kier alpha value is -0.430. The molecular formula is C10H12BrNO3S. The number of benzene rings is 1. The second-order valence-corrected chi connectivity index (χ2v) is 6.21. The summed E-state index contributed by atoms with van der Waals surface area (Å²) in [5.74, 6) is 0. The molecule has 0 aromatic heterocycles. The van der Waals surface area contributed by atoms with E-state index in [9.17, 15) is 8.42 Å². The molecule has 0 amide bonds. The minimum atomic E-state index is -3.39. The van der Waals surface area contributed by atoms with Crippen molar-refractivity contribution in [1.29, 1.82) is 0 Å². The number of hydrogen-bond donors (Lipinski definition) is 0. The van der Waals surface area contributed by atoms with Crippen molar-refractivity contribution in [2.45, 2.75) is 4.90 Å². The number of morpholine rings is 1. The Morgan fingerprint density at radius 3 is 2.44 bits per heavy atom. The standard InChI is InChI=1S/C10H12BrNO3S/c11-9-3-1-2-4-10(9)16(13,14)12-5-7-15-8-6-12/h1-4H,5-8H2. The molecule has 88 valence electrons. The predicted octanol–water partition coefficient (Wildman–Crippen LogP) is 1.47. The lowest BCUT2D eigenvalue weighted by molar-refractivity contribution is 0.0730. The molecule has 1 aliphatic rings. The highest BCUT2D eigenvalue weighted by molar-refractivity contribution is 9.10. The Morgan fingerprint density at radius 2 is 1.81 bits per heavy atom. The van der Waals surface area contributed by atoms with Gasteiger partial charge in [-0.1, -0.05) is 12.1 Å². The van der Waals surface area contributed by atoms with Crippen molar-refractivity contribution in [2.24, 2.45) is 0 Å². The zero-order valence-corrected chi connectivity index (χ0v) is 11.0. The maximum absolute atomic E-state index is 12.2. The van der Waals surface area contributed by atoms with E-state index >= 15 is 0 Å². The number of halogens is 1. The molecule has 0 atom stereocenters. The van der Waals surface area contributed by atoms with Crippen LogP contribution in [0.5, 0.6) is 0 Å². The van der Waals surface area contributed by atoms with Gasteiger partial charge < -0.3 is 4.74 Å². The highest BCUT2D eigenvalue weighted by Crippen LogP contribution is 2.24. The van der Waals surface area contributed by atoms with Crippen LogP contribution in [0.25, 0.3) is 0 Å². The van der Waals surface area contributed by atoms with Gasteiger partial charge in [-0.05, 0) is 28.1 Å². The maximum atomic E-state index is 12.2. The van der Waals surface area contributed by atoms with Gasteiger partial charge in [0.1, 0.15) is 0 Å². The van der Waals surface area contributed by atoms with Gasteiger partial charge in [0, 0.05) is 17.6 Å². The fourth-order valence-corrected chi connectivity index (χ4v) is 3.95. The summed E-state index contributed by atoms with van der Waals surface area (Å²) in [5, 5.41) is 0. The number of rotatable bonds is 2. The Bertz CT molecular complexity index is 469. The lowest BCUT2D eigenvalue weighted by atomic mass is 10.4. The fourth-order valence-electron chi connectivity index (χ4n) is 1.58. The molecule has 0 spiro atoms. The van der Waals surface area contributed by atoms with Gasteiger partial charge in [-0.2, -0.15) is 4.31 Å². The van der Waals surface area contributed by atoms with Gasteiger partial charge in [0.05, 0.1) is 18.1 Å². The molecule has 1 aromatic carbocycles. The lowest BCUT2D eigenvalue weighted by Crippen LogP contribution is -2.40. The maximum Gasteiger partial charge on any atom is 0.244 e. The molecule has 4 nitrogen and oxygen atoms in total. The van der Waals surface area contributed by atoms with Gasteiger partial charge in [0.15, 0.2) is 0 Å². The summed E-state index contributed by atoms with van der Waals surface area (Å²) in [7, 11) is -3.39. The Morgan fingerprint density at radius 1 is 1.19 bits per heavy atom. The monoisotopic (exact) mass is 305 g/mol. The van der Waals surface area contributed by atoms with Gasteiger partial charge in [-0.25, -0.2) is 8.42 Å². The summed E-state index contributed by atoms with van der Waals surface area (Å²) in [6.45, 7) is 1.76. The van der Waals surface area contributed by atoms with Crippen molar-refractivity contribution in [3.63, 3.8) is 0 Å². The summed E-state index contributed by atoms with van der Waals surface area (Å²) < 4.78 is 31.7. The van der Waals surface area contributed by atoms with Gasteiger partial charge in [0.25, 0.3) is 0 Å². The van der Waals surface area contributed by atoms with Crippen LogP contribution in [-0.4, -0.2) is 39.0 Å². The second-order valence-electron chi connectivity index (χ2n) is 3.45. The molecule has 0 aliphatic carbocycles. The highest BCUT2D eigenvalue weighted by Gasteiger charge is 2.27. The fraction of sp³-hybridized carbons (Fsp3) is 0.400. The number of ether oxygens (including phenoxy) is 1. The SMILES string of the molecule is O=S(=O)(c1ccccc1Br)N1CCOCC1. The van der Waals surface area contributed by atoms with Crippen LogP contribution in [0.15, 0.2) is 33.6 Å². The number of nitrogens with zero attached hydrogens (tertiary/aromatic N) is 1. The van der Waals surface area contributed by atoms with Crippen LogP contribution in [0.2, 0.25) is 0 Å². The smallest absolute Gasteiger partial charge is 0.244 e. The molecule has 2 rings (SSSR count). The zero-order chi connectivity index (χ0) is 11.6. The molecule has 1 saturated heterocycles. The van der Waals surface area contributed by atoms with Crippen LogP contribution in [0.1, 0.15) is 0 Å². The normalized spacial score (nSPS) is 18.6. The summed E-state index contributed by atoms with van der Waals surface area (Å²) in [6.07, 6.45) is 0. The topological polar surface area (TPSA) is 46.6 Å². The molecule has 0 N–H and O–H groups in total. The van der Waals surface area contributed by atoms with Crippen LogP contribution < -0.4 is 0 Å². The molecule has 0 bridgehead atoms. The first kappa shape index (κ1) is 12.0. The van der Waals surface area contributed by atoms with E-state index in [2.05, 4.69) is 15.9 Å². The third-order valence-corrected chi connectivity index (χ3v) is 5.34. The zero-order valence-electron chi connectivity index (χ0n) is 8.60. The number of hydrogen-bond acceptors (Lipinski definition) is 3. The van der Waals surface area contributed by atoms with Gasteiger partial charge in [-0.3, -0.25) is 0 Å². The summed E-state index contributed by atoms with van der Waals surface area (Å²) in [4.78, 5) is 0.317. The molecule has 1 heterocycles. The minimum absolute atomic E-state index is 0.317. The van der Waals surface area contributed by atoms with Gasteiger partial charge >= 0.3 is 0 Å². The summed E-state index contributed by atoms with van der Waals surface area (Å²) in [6, 6.07) is 6.85. The third-order valence-electron chi connectivity index (χ3n) is 2.42. The predicted molar refractivity (Wildman–Crippen MR) is 63.7 cm³/mol. The first-order valence-electron chi connectivity index (χ1n) is 4.95. The van der Waals surface area contributed by atoms with E-state index in [1.807, 2.05) is 0 Å². The first-order valence-corrected chi connectivity index (χ1v) is 7.18. The average molecular weight is 306 g/mol. The van der Waals surface area contributed by atoms with Gasteiger partial charge in [0.2, 0.25) is 10.0 Å². The first-order chi connectivity index (χ1) is 7.62. The van der Waals surface area contributed by atoms with E-state index in [-0.39, 0.29) is 0 Å². The van der Waals surface area contributed by atoms with Crippen molar-refractivity contribution in [3.8, 4) is 0 Å². The van der Waals surface area contributed by atoms with Crippen molar-refractivity contribution in [1.82, 2.24) is 4.31 Å². The van der Waals surface area contributed by atoms with Crippen LogP contribution >= 0.6 is 15.9 Å². The minimum Gasteiger partial charge on any atom is -0.379 e. The second kappa shape index (κ2) is 4.83. The molecular weight excluding hydrogens is 294 g/mol. The van der Waals surface area contributed by atoms with E-state index in [4.69, 9.17) is 4.74 Å². The van der Waals surface area contributed by atoms with Crippen LogP contribution in [0.3, 0.4) is 0 Å². The molecule has 16 heavy (non-hydrogen) atoms. The van der Waals surface area contributed by atoms with Crippen LogP contribution in [-0.2, 0) is 14.8 Å². The van der Waals surface area contributed by atoms with Crippen LogP contribution in [0.4, 0.5) is 0 Å². The van der Waals surface area contributed by atoms with Crippen molar-refractivity contribution < 1.29 is 13.2 Å². The Kier molecular flexibility index (Phi) is 3.63. The Labute approximate surface area is 103 Å². The van der Waals surface area contributed by atoms with Gasteiger partial charge in [-0.15, -0.1) is 0 Å². The highest BCUT2D eigenvalue weighted by atomic mass is 79.9. The molecule has 0 unspecified atom stereocenters. The van der Waals surface area contributed by atoms with Crippen molar-refractivity contribution in [3.05, 3.63) is 28.7 Å². The number of sulfonamides is 1. The summed E-state index contributed by atoms with van der Waals surface area (Å²) in [5.41, 5.74) is 0. The largest absolute Gasteiger partial charge is 0.379 e.